The number of alkyl halides is 1. The van der Waals surface area contributed by atoms with Crippen LogP contribution in [0.1, 0.15) is 62.2 Å². The molecular weight excluding hydrogens is 362 g/mol. The van der Waals surface area contributed by atoms with Gasteiger partial charge < -0.3 is 15.5 Å². The number of benzene rings is 1. The Kier molecular flexibility index (Phi) is 7.00. The van der Waals surface area contributed by atoms with Gasteiger partial charge in [0, 0.05) is 30.5 Å². The normalized spacial score (nSPS) is 19.0. The third-order valence-electron chi connectivity index (χ3n) is 5.71. The van der Waals surface area contributed by atoms with Crippen molar-refractivity contribution in [2.24, 2.45) is 5.92 Å². The maximum atomic E-state index is 13.1. The minimum atomic E-state index is -0.269. The third-order valence-corrected chi connectivity index (χ3v) is 5.95. The van der Waals surface area contributed by atoms with Crippen molar-refractivity contribution in [3.63, 3.8) is 0 Å². The van der Waals surface area contributed by atoms with Gasteiger partial charge in [0.1, 0.15) is 5.88 Å². The molecular formula is C21H30ClN3O2. The number of rotatable bonds is 5. The topological polar surface area (TPSA) is 61.4 Å². The van der Waals surface area contributed by atoms with Crippen molar-refractivity contribution in [1.29, 1.82) is 0 Å². The molecule has 148 valence electrons. The van der Waals surface area contributed by atoms with Crippen LogP contribution in [0.15, 0.2) is 18.2 Å². The van der Waals surface area contributed by atoms with E-state index in [-0.39, 0.29) is 23.7 Å². The summed E-state index contributed by atoms with van der Waals surface area (Å²) >= 11 is 5.60. The van der Waals surface area contributed by atoms with Crippen LogP contribution in [0, 0.1) is 5.92 Å². The fourth-order valence-corrected chi connectivity index (χ4v) is 4.09. The second-order valence-corrected chi connectivity index (χ2v) is 8.16. The average Bonchev–Trinajstić information content (AvgIpc) is 2.69. The summed E-state index contributed by atoms with van der Waals surface area (Å²) in [5, 5.41) is 5.97. The molecule has 27 heavy (non-hydrogen) atoms. The number of carbonyl (C=O) groups excluding carboxylic acids is 2. The first-order valence-corrected chi connectivity index (χ1v) is 10.7. The molecule has 1 aromatic rings. The summed E-state index contributed by atoms with van der Waals surface area (Å²) in [6.07, 6.45) is 7.96. The zero-order valence-corrected chi connectivity index (χ0v) is 16.9. The lowest BCUT2D eigenvalue weighted by Gasteiger charge is -2.34. The van der Waals surface area contributed by atoms with Crippen LogP contribution >= 0.6 is 11.6 Å². The van der Waals surface area contributed by atoms with Crippen LogP contribution in [-0.4, -0.2) is 36.8 Å². The first-order valence-electron chi connectivity index (χ1n) is 10.1. The van der Waals surface area contributed by atoms with Gasteiger partial charge in [-0.3, -0.25) is 9.59 Å². The molecule has 1 saturated heterocycles. The van der Waals surface area contributed by atoms with E-state index in [2.05, 4.69) is 22.5 Å². The summed E-state index contributed by atoms with van der Waals surface area (Å²) in [5.41, 5.74) is 2.21. The Labute approximate surface area is 166 Å². The molecule has 1 saturated carbocycles. The average molecular weight is 392 g/mol. The summed E-state index contributed by atoms with van der Waals surface area (Å²) in [6.45, 7) is 4.19. The predicted octanol–water partition coefficient (Wildman–Crippen LogP) is 4.16. The molecule has 0 unspecified atom stereocenters. The molecule has 0 aromatic heterocycles. The first kappa shape index (κ1) is 20.0. The highest BCUT2D eigenvalue weighted by Crippen LogP contribution is 2.29. The number of piperidine rings is 1. The molecule has 0 atom stereocenters. The molecule has 0 spiro atoms. The summed E-state index contributed by atoms with van der Waals surface area (Å²) < 4.78 is 0. The van der Waals surface area contributed by atoms with Gasteiger partial charge in [-0.15, -0.1) is 11.6 Å². The molecule has 2 aliphatic rings. The Morgan fingerprint density at radius 2 is 1.81 bits per heavy atom. The van der Waals surface area contributed by atoms with Crippen molar-refractivity contribution >= 4 is 34.8 Å². The number of carbonyl (C=O) groups is 2. The van der Waals surface area contributed by atoms with Crippen LogP contribution in [0.2, 0.25) is 0 Å². The van der Waals surface area contributed by atoms with Gasteiger partial charge in [-0.25, -0.2) is 0 Å². The standard InChI is InChI=1S/C21H30ClN3O2/c1-15-9-11-25(12-10-15)19-8-7-17(23-20(26)14-22)13-18(19)21(27)24-16-5-3-2-4-6-16/h7-8,13,15-16H,2-6,9-12,14H2,1H3,(H,23,26)(H,24,27). The molecule has 1 aliphatic heterocycles. The van der Waals surface area contributed by atoms with E-state index in [1.807, 2.05) is 12.1 Å². The Morgan fingerprint density at radius 1 is 1.11 bits per heavy atom. The number of anilines is 2. The maximum absolute atomic E-state index is 13.1. The van der Waals surface area contributed by atoms with Crippen LogP contribution in [0.4, 0.5) is 11.4 Å². The van der Waals surface area contributed by atoms with E-state index in [1.165, 1.54) is 19.3 Å². The lowest BCUT2D eigenvalue weighted by Crippen LogP contribution is -2.38. The molecule has 0 radical (unpaired) electrons. The lowest BCUT2D eigenvalue weighted by atomic mass is 9.95. The van der Waals surface area contributed by atoms with Crippen LogP contribution in [-0.2, 0) is 4.79 Å². The van der Waals surface area contributed by atoms with E-state index >= 15 is 0 Å². The largest absolute Gasteiger partial charge is 0.371 e. The summed E-state index contributed by atoms with van der Waals surface area (Å²) in [5.74, 6) is 0.311. The molecule has 2 fully saturated rings. The zero-order valence-electron chi connectivity index (χ0n) is 16.1. The summed E-state index contributed by atoms with van der Waals surface area (Å²) in [4.78, 5) is 27.0. The molecule has 6 heteroatoms. The van der Waals surface area contributed by atoms with E-state index < -0.39 is 0 Å². The van der Waals surface area contributed by atoms with Crippen molar-refractivity contribution in [1.82, 2.24) is 5.32 Å². The molecule has 1 aromatic carbocycles. The quantitative estimate of drug-likeness (QED) is 0.741. The Bertz CT molecular complexity index is 665. The smallest absolute Gasteiger partial charge is 0.253 e. The van der Waals surface area contributed by atoms with Crippen molar-refractivity contribution in [3.05, 3.63) is 23.8 Å². The molecule has 3 rings (SSSR count). The van der Waals surface area contributed by atoms with Gasteiger partial charge in [0.15, 0.2) is 0 Å². The van der Waals surface area contributed by atoms with Gasteiger partial charge in [0.05, 0.1) is 5.56 Å². The third kappa shape index (κ3) is 5.38. The molecule has 2 N–H and O–H groups in total. The van der Waals surface area contributed by atoms with Crippen LogP contribution in [0.25, 0.3) is 0 Å². The summed E-state index contributed by atoms with van der Waals surface area (Å²) in [7, 11) is 0. The van der Waals surface area contributed by atoms with E-state index in [0.717, 1.165) is 50.4 Å². The van der Waals surface area contributed by atoms with Crippen molar-refractivity contribution in [3.8, 4) is 0 Å². The minimum absolute atomic E-state index is 0.0440. The van der Waals surface area contributed by atoms with Crippen LogP contribution in [0.5, 0.6) is 0 Å². The Morgan fingerprint density at radius 3 is 2.48 bits per heavy atom. The van der Waals surface area contributed by atoms with Gasteiger partial charge in [0.2, 0.25) is 5.91 Å². The zero-order chi connectivity index (χ0) is 19.2. The molecule has 1 heterocycles. The number of halogens is 1. The number of amides is 2. The molecule has 1 aliphatic carbocycles. The van der Waals surface area contributed by atoms with E-state index in [9.17, 15) is 9.59 Å². The molecule has 0 bridgehead atoms. The second kappa shape index (κ2) is 9.45. The predicted molar refractivity (Wildman–Crippen MR) is 111 cm³/mol. The maximum Gasteiger partial charge on any atom is 0.253 e. The number of hydrogen-bond donors (Lipinski definition) is 2. The second-order valence-electron chi connectivity index (χ2n) is 7.89. The van der Waals surface area contributed by atoms with Crippen LogP contribution in [0.3, 0.4) is 0 Å². The van der Waals surface area contributed by atoms with Gasteiger partial charge >= 0.3 is 0 Å². The fourth-order valence-electron chi connectivity index (χ4n) is 4.03. The highest BCUT2D eigenvalue weighted by atomic mass is 35.5. The van der Waals surface area contributed by atoms with Gasteiger partial charge in [-0.1, -0.05) is 26.2 Å². The Balaban J connectivity index is 1.82. The SMILES string of the molecule is CC1CCN(c2ccc(NC(=O)CCl)cc2C(=O)NC2CCCCC2)CC1. The van der Waals surface area contributed by atoms with Gasteiger partial charge in [0.25, 0.3) is 5.91 Å². The van der Waals surface area contributed by atoms with Crippen LogP contribution < -0.4 is 15.5 Å². The van der Waals surface area contributed by atoms with Gasteiger partial charge in [-0.2, -0.15) is 0 Å². The van der Waals surface area contributed by atoms with Crippen molar-refractivity contribution in [2.75, 3.05) is 29.2 Å². The Hall–Kier alpha value is -1.75. The van der Waals surface area contributed by atoms with Gasteiger partial charge in [-0.05, 0) is 49.8 Å². The lowest BCUT2D eigenvalue weighted by molar-refractivity contribution is -0.113. The van der Waals surface area contributed by atoms with E-state index in [1.54, 1.807) is 6.07 Å². The van der Waals surface area contributed by atoms with Crippen molar-refractivity contribution in [2.45, 2.75) is 57.9 Å². The summed E-state index contributed by atoms with van der Waals surface area (Å²) in [6, 6.07) is 5.85. The monoisotopic (exact) mass is 391 g/mol. The number of hydrogen-bond acceptors (Lipinski definition) is 3. The first-order chi connectivity index (χ1) is 13.1. The highest BCUT2D eigenvalue weighted by molar-refractivity contribution is 6.29. The minimum Gasteiger partial charge on any atom is -0.371 e. The number of nitrogens with one attached hydrogen (secondary N) is 2. The molecule has 5 nitrogen and oxygen atoms in total. The molecule has 2 amide bonds. The van der Waals surface area contributed by atoms with E-state index in [4.69, 9.17) is 11.6 Å². The van der Waals surface area contributed by atoms with Crippen molar-refractivity contribution < 1.29 is 9.59 Å². The number of nitrogens with zero attached hydrogens (tertiary/aromatic N) is 1. The van der Waals surface area contributed by atoms with E-state index in [0.29, 0.717) is 11.3 Å². The highest BCUT2D eigenvalue weighted by Gasteiger charge is 2.24. The fraction of sp³-hybridized carbons (Fsp3) is 0.619.